The lowest BCUT2D eigenvalue weighted by atomic mass is 10.2. The summed E-state index contributed by atoms with van der Waals surface area (Å²) in [7, 11) is -3.42. The molecule has 0 saturated carbocycles. The highest BCUT2D eigenvalue weighted by atomic mass is 32.2. The zero-order valence-corrected chi connectivity index (χ0v) is 16.2. The summed E-state index contributed by atoms with van der Waals surface area (Å²) in [5.74, 6) is 0.907. The number of hydrogen-bond acceptors (Lipinski definition) is 4. The highest BCUT2D eigenvalue weighted by molar-refractivity contribution is 7.89. The van der Waals surface area contributed by atoms with Crippen LogP contribution in [0.3, 0.4) is 0 Å². The lowest BCUT2D eigenvalue weighted by molar-refractivity contribution is 0.179. The lowest BCUT2D eigenvalue weighted by Crippen LogP contribution is -2.48. The average molecular weight is 375 g/mol. The monoisotopic (exact) mass is 374 g/mol. The van der Waals surface area contributed by atoms with Gasteiger partial charge in [0.2, 0.25) is 10.0 Å². The molecule has 1 aliphatic rings. The van der Waals surface area contributed by atoms with E-state index in [2.05, 4.69) is 11.0 Å². The van der Waals surface area contributed by atoms with Gasteiger partial charge in [0, 0.05) is 38.3 Å². The minimum atomic E-state index is -3.42. The number of benzene rings is 2. The van der Waals surface area contributed by atoms with Crippen molar-refractivity contribution in [3.8, 4) is 5.75 Å². The van der Waals surface area contributed by atoms with Crippen molar-refractivity contribution in [1.29, 1.82) is 0 Å². The van der Waals surface area contributed by atoms with Gasteiger partial charge in [0.05, 0.1) is 11.5 Å². The molecule has 1 heterocycles. The summed E-state index contributed by atoms with van der Waals surface area (Å²) in [6.07, 6.45) is 0. The summed E-state index contributed by atoms with van der Waals surface area (Å²) in [5.41, 5.74) is 2.10. The maximum absolute atomic E-state index is 12.8. The van der Waals surface area contributed by atoms with Gasteiger partial charge in [-0.25, -0.2) is 8.42 Å². The molecular weight excluding hydrogens is 348 g/mol. The van der Waals surface area contributed by atoms with E-state index in [9.17, 15) is 8.42 Å². The lowest BCUT2D eigenvalue weighted by Gasteiger charge is -2.34. The van der Waals surface area contributed by atoms with Crippen LogP contribution in [0.4, 0.5) is 0 Å². The summed E-state index contributed by atoms with van der Waals surface area (Å²) < 4.78 is 32.9. The first-order chi connectivity index (χ1) is 12.5. The third-order valence-corrected chi connectivity index (χ3v) is 6.52. The van der Waals surface area contributed by atoms with Crippen LogP contribution < -0.4 is 4.74 Å². The number of para-hydroxylation sites is 1. The van der Waals surface area contributed by atoms with E-state index in [1.54, 1.807) is 22.5 Å². The number of sulfonamides is 1. The van der Waals surface area contributed by atoms with E-state index in [-0.39, 0.29) is 0 Å². The van der Waals surface area contributed by atoms with Crippen molar-refractivity contribution < 1.29 is 13.2 Å². The molecule has 3 rings (SSSR count). The minimum absolute atomic E-state index is 0.382. The number of piperazine rings is 1. The largest absolute Gasteiger partial charge is 0.494 e. The molecule has 0 atom stereocenters. The van der Waals surface area contributed by atoms with E-state index in [0.29, 0.717) is 37.7 Å². The predicted octanol–water partition coefficient (Wildman–Crippen LogP) is 2.90. The normalized spacial score (nSPS) is 16.5. The summed E-state index contributed by atoms with van der Waals surface area (Å²) in [6.45, 7) is 7.74. The molecule has 0 unspecified atom stereocenters. The zero-order chi connectivity index (χ0) is 18.6. The van der Waals surface area contributed by atoms with E-state index in [4.69, 9.17) is 4.74 Å². The van der Waals surface area contributed by atoms with E-state index < -0.39 is 10.0 Å². The molecule has 2 aromatic carbocycles. The summed E-state index contributed by atoms with van der Waals surface area (Å²) in [4.78, 5) is 2.66. The SMILES string of the molecule is CCOc1ccccc1CN1CCN(S(=O)(=O)c2cccc(C)c2)CC1. The van der Waals surface area contributed by atoms with Gasteiger partial charge in [-0.05, 0) is 37.6 Å². The van der Waals surface area contributed by atoms with E-state index in [1.165, 1.54) is 0 Å². The number of ether oxygens (including phenoxy) is 1. The molecule has 5 nitrogen and oxygen atoms in total. The van der Waals surface area contributed by atoms with Gasteiger partial charge in [0.1, 0.15) is 5.75 Å². The third kappa shape index (κ3) is 4.26. The van der Waals surface area contributed by atoms with E-state index in [1.807, 2.05) is 38.1 Å². The zero-order valence-electron chi connectivity index (χ0n) is 15.4. The Morgan fingerprint density at radius 1 is 1.00 bits per heavy atom. The van der Waals surface area contributed by atoms with Crippen LogP contribution in [0.1, 0.15) is 18.1 Å². The second kappa shape index (κ2) is 8.20. The molecule has 1 saturated heterocycles. The Morgan fingerprint density at radius 2 is 1.73 bits per heavy atom. The second-order valence-electron chi connectivity index (χ2n) is 6.54. The molecule has 0 amide bonds. The van der Waals surface area contributed by atoms with Crippen LogP contribution >= 0.6 is 0 Å². The molecule has 0 radical (unpaired) electrons. The molecule has 6 heteroatoms. The summed E-state index contributed by atoms with van der Waals surface area (Å²) in [6, 6.07) is 15.2. The Bertz CT molecular complexity index is 844. The molecular formula is C20H26N2O3S. The maximum atomic E-state index is 12.8. The number of rotatable bonds is 6. The number of aryl methyl sites for hydroxylation is 1. The van der Waals surface area contributed by atoms with Crippen molar-refractivity contribution in [2.45, 2.75) is 25.3 Å². The molecule has 0 bridgehead atoms. The Kier molecular flexibility index (Phi) is 5.96. The van der Waals surface area contributed by atoms with Crippen LogP contribution in [-0.4, -0.2) is 50.4 Å². The van der Waals surface area contributed by atoms with Crippen LogP contribution in [-0.2, 0) is 16.6 Å². The Labute approximate surface area is 156 Å². The van der Waals surface area contributed by atoms with Gasteiger partial charge < -0.3 is 4.74 Å². The van der Waals surface area contributed by atoms with Gasteiger partial charge >= 0.3 is 0 Å². The van der Waals surface area contributed by atoms with Crippen molar-refractivity contribution >= 4 is 10.0 Å². The molecule has 0 aromatic heterocycles. The Balaban J connectivity index is 1.64. The van der Waals surface area contributed by atoms with Crippen molar-refractivity contribution in [2.75, 3.05) is 32.8 Å². The molecule has 26 heavy (non-hydrogen) atoms. The fourth-order valence-electron chi connectivity index (χ4n) is 3.22. The quantitative estimate of drug-likeness (QED) is 0.780. The van der Waals surface area contributed by atoms with Crippen molar-refractivity contribution in [2.24, 2.45) is 0 Å². The highest BCUT2D eigenvalue weighted by Gasteiger charge is 2.28. The van der Waals surface area contributed by atoms with Crippen molar-refractivity contribution in [3.05, 3.63) is 59.7 Å². The average Bonchev–Trinajstić information content (AvgIpc) is 2.64. The molecule has 2 aromatic rings. The standard InChI is InChI=1S/C20H26N2O3S/c1-3-25-20-10-5-4-8-18(20)16-21-11-13-22(14-12-21)26(23,24)19-9-6-7-17(2)15-19/h4-10,15H,3,11-14,16H2,1-2H3. The summed E-state index contributed by atoms with van der Waals surface area (Å²) in [5, 5.41) is 0. The van der Waals surface area contributed by atoms with Crippen molar-refractivity contribution in [1.82, 2.24) is 9.21 Å². The second-order valence-corrected chi connectivity index (χ2v) is 8.48. The van der Waals surface area contributed by atoms with Crippen molar-refractivity contribution in [3.63, 3.8) is 0 Å². The Hall–Kier alpha value is -1.89. The number of nitrogens with zero attached hydrogens (tertiary/aromatic N) is 2. The first-order valence-electron chi connectivity index (χ1n) is 9.00. The first kappa shape index (κ1) is 18.9. The van der Waals surface area contributed by atoms with Gasteiger partial charge in [-0.15, -0.1) is 0 Å². The molecule has 140 valence electrons. The van der Waals surface area contributed by atoms with Gasteiger partial charge in [-0.3, -0.25) is 4.90 Å². The minimum Gasteiger partial charge on any atom is -0.494 e. The smallest absolute Gasteiger partial charge is 0.243 e. The number of hydrogen-bond donors (Lipinski definition) is 0. The molecule has 0 N–H and O–H groups in total. The van der Waals surface area contributed by atoms with Crippen LogP contribution in [0.5, 0.6) is 5.75 Å². The van der Waals surface area contributed by atoms with Crippen LogP contribution in [0.15, 0.2) is 53.4 Å². The molecule has 1 fully saturated rings. The Morgan fingerprint density at radius 3 is 2.42 bits per heavy atom. The molecule has 0 spiro atoms. The maximum Gasteiger partial charge on any atom is 0.243 e. The van der Waals surface area contributed by atoms with Gasteiger partial charge in [0.15, 0.2) is 0 Å². The first-order valence-corrected chi connectivity index (χ1v) is 10.4. The highest BCUT2D eigenvalue weighted by Crippen LogP contribution is 2.22. The predicted molar refractivity (Wildman–Crippen MR) is 103 cm³/mol. The van der Waals surface area contributed by atoms with E-state index >= 15 is 0 Å². The topological polar surface area (TPSA) is 49.9 Å². The van der Waals surface area contributed by atoms with Crippen LogP contribution in [0.2, 0.25) is 0 Å². The van der Waals surface area contributed by atoms with Crippen LogP contribution in [0, 0.1) is 6.92 Å². The van der Waals surface area contributed by atoms with Gasteiger partial charge in [-0.1, -0.05) is 30.3 Å². The fraction of sp³-hybridized carbons (Fsp3) is 0.400. The fourth-order valence-corrected chi connectivity index (χ4v) is 4.75. The van der Waals surface area contributed by atoms with Gasteiger partial charge in [-0.2, -0.15) is 4.31 Å². The molecule has 1 aliphatic heterocycles. The molecule has 0 aliphatic carbocycles. The summed E-state index contributed by atoms with van der Waals surface area (Å²) >= 11 is 0. The third-order valence-electron chi connectivity index (χ3n) is 4.62. The van der Waals surface area contributed by atoms with Crippen LogP contribution in [0.25, 0.3) is 0 Å². The van der Waals surface area contributed by atoms with E-state index in [0.717, 1.165) is 23.4 Å². The van der Waals surface area contributed by atoms with Gasteiger partial charge in [0.25, 0.3) is 0 Å².